The van der Waals surface area contributed by atoms with Crippen molar-refractivity contribution in [3.63, 3.8) is 0 Å². The Labute approximate surface area is 133 Å². The van der Waals surface area contributed by atoms with E-state index in [4.69, 9.17) is 23.2 Å². The van der Waals surface area contributed by atoms with Gasteiger partial charge in [-0.1, -0.05) is 18.2 Å². The van der Waals surface area contributed by atoms with Crippen molar-refractivity contribution in [3.05, 3.63) is 40.8 Å². The maximum atomic E-state index is 12.3. The van der Waals surface area contributed by atoms with Gasteiger partial charge < -0.3 is 0 Å². The number of halogens is 3. The summed E-state index contributed by atoms with van der Waals surface area (Å²) in [5.41, 5.74) is -0.0905. The molecule has 4 nitrogen and oxygen atoms in total. The molecule has 0 bridgehead atoms. The van der Waals surface area contributed by atoms with Gasteiger partial charge in [0.2, 0.25) is 0 Å². The summed E-state index contributed by atoms with van der Waals surface area (Å²) in [5.74, 6) is 0.998. The van der Waals surface area contributed by atoms with E-state index in [1.807, 2.05) is 29.2 Å². The molecule has 20 heavy (non-hydrogen) atoms. The highest BCUT2D eigenvalue weighted by Gasteiger charge is 2.08. The molecular formula is C13H16Cl3N3O. The fraction of sp³-hybridized carbons (Fsp3) is 0.385. The lowest BCUT2D eigenvalue weighted by Gasteiger charge is -2.20. The summed E-state index contributed by atoms with van der Waals surface area (Å²) in [6, 6.07) is 7.43. The van der Waals surface area contributed by atoms with E-state index in [9.17, 15) is 4.79 Å². The summed E-state index contributed by atoms with van der Waals surface area (Å²) >= 11 is 11.5. The van der Waals surface area contributed by atoms with Crippen LogP contribution >= 0.6 is 35.6 Å². The molecule has 1 aromatic carbocycles. The Hall–Kier alpha value is -0.810. The minimum Gasteiger partial charge on any atom is -0.282 e. The molecule has 0 atom stereocenters. The molecule has 0 saturated heterocycles. The predicted octanol–water partition coefficient (Wildman–Crippen LogP) is 2.56. The topological polar surface area (TPSA) is 38.1 Å². The summed E-state index contributed by atoms with van der Waals surface area (Å²) < 4.78 is 1.45. The van der Waals surface area contributed by atoms with Crippen LogP contribution in [0.3, 0.4) is 0 Å². The van der Waals surface area contributed by atoms with Crippen molar-refractivity contribution in [3.8, 4) is 0 Å². The lowest BCUT2D eigenvalue weighted by Crippen LogP contribution is -2.36. The van der Waals surface area contributed by atoms with Crippen LogP contribution in [0.2, 0.25) is 0 Å². The smallest absolute Gasteiger partial charge is 0.275 e. The van der Waals surface area contributed by atoms with E-state index in [-0.39, 0.29) is 18.0 Å². The Morgan fingerprint density at radius 3 is 2.45 bits per heavy atom. The van der Waals surface area contributed by atoms with Crippen LogP contribution in [-0.4, -0.2) is 39.5 Å². The van der Waals surface area contributed by atoms with Crippen molar-refractivity contribution in [2.75, 3.05) is 24.8 Å². The lowest BCUT2D eigenvalue weighted by molar-refractivity contribution is 0.227. The molecule has 0 fully saturated rings. The van der Waals surface area contributed by atoms with Gasteiger partial charge in [0, 0.05) is 30.2 Å². The van der Waals surface area contributed by atoms with Crippen LogP contribution in [-0.2, 0) is 6.67 Å². The van der Waals surface area contributed by atoms with Crippen LogP contribution in [0.15, 0.2) is 35.3 Å². The van der Waals surface area contributed by atoms with Gasteiger partial charge in [-0.05, 0) is 6.07 Å². The normalized spacial score (nSPS) is 10.8. The molecule has 1 aromatic heterocycles. The summed E-state index contributed by atoms with van der Waals surface area (Å²) in [6.45, 7) is 1.76. The van der Waals surface area contributed by atoms with Gasteiger partial charge in [-0.2, -0.15) is 5.10 Å². The molecule has 0 aliphatic carbocycles. The van der Waals surface area contributed by atoms with Crippen molar-refractivity contribution >= 4 is 46.4 Å². The van der Waals surface area contributed by atoms with Gasteiger partial charge in [0.1, 0.15) is 0 Å². The number of rotatable bonds is 6. The molecule has 110 valence electrons. The minimum atomic E-state index is -0.0905. The molecule has 0 aliphatic heterocycles. The molecule has 0 spiro atoms. The molecule has 0 N–H and O–H groups in total. The first-order chi connectivity index (χ1) is 9.26. The Balaban J connectivity index is 0.00000200. The number of aromatic nitrogens is 2. The molecule has 0 aliphatic rings. The molecule has 2 rings (SSSR count). The number of hydrogen-bond acceptors (Lipinski definition) is 3. The molecular weight excluding hydrogens is 321 g/mol. The van der Waals surface area contributed by atoms with Gasteiger partial charge in [0.15, 0.2) is 0 Å². The fourth-order valence-electron chi connectivity index (χ4n) is 1.91. The highest BCUT2D eigenvalue weighted by atomic mass is 35.5. The third kappa shape index (κ3) is 4.09. The van der Waals surface area contributed by atoms with E-state index in [0.717, 1.165) is 5.39 Å². The van der Waals surface area contributed by atoms with E-state index in [1.54, 1.807) is 6.20 Å². The van der Waals surface area contributed by atoms with E-state index < -0.39 is 0 Å². The van der Waals surface area contributed by atoms with Crippen molar-refractivity contribution in [2.24, 2.45) is 0 Å². The van der Waals surface area contributed by atoms with Gasteiger partial charge in [0.05, 0.1) is 18.3 Å². The van der Waals surface area contributed by atoms with Crippen molar-refractivity contribution in [2.45, 2.75) is 6.67 Å². The highest BCUT2D eigenvalue weighted by Crippen LogP contribution is 2.06. The summed E-state index contributed by atoms with van der Waals surface area (Å²) in [6.07, 6.45) is 1.70. The zero-order valence-electron chi connectivity index (χ0n) is 10.8. The monoisotopic (exact) mass is 335 g/mol. The minimum absolute atomic E-state index is 0. The third-order valence-electron chi connectivity index (χ3n) is 2.90. The second-order valence-electron chi connectivity index (χ2n) is 4.17. The van der Waals surface area contributed by atoms with Crippen LogP contribution in [0.1, 0.15) is 0 Å². The van der Waals surface area contributed by atoms with E-state index >= 15 is 0 Å². The Morgan fingerprint density at radius 1 is 1.15 bits per heavy atom. The maximum Gasteiger partial charge on any atom is 0.275 e. The molecule has 2 aromatic rings. The SMILES string of the molecule is Cl.O=c1c2ccccc2cnn1CN(CCCl)CCCl. The van der Waals surface area contributed by atoms with Crippen molar-refractivity contribution < 1.29 is 0 Å². The molecule has 1 heterocycles. The van der Waals surface area contributed by atoms with Gasteiger partial charge in [-0.25, -0.2) is 4.68 Å². The summed E-state index contributed by atoms with van der Waals surface area (Å²) in [4.78, 5) is 14.3. The molecule has 0 amide bonds. The molecule has 0 radical (unpaired) electrons. The average molecular weight is 337 g/mol. The number of alkyl halides is 2. The van der Waals surface area contributed by atoms with Gasteiger partial charge >= 0.3 is 0 Å². The Kier molecular flexibility index (Phi) is 7.30. The van der Waals surface area contributed by atoms with Gasteiger partial charge in [-0.3, -0.25) is 9.69 Å². The summed E-state index contributed by atoms with van der Waals surface area (Å²) in [5, 5.41) is 5.71. The van der Waals surface area contributed by atoms with Crippen LogP contribution in [0.25, 0.3) is 10.8 Å². The predicted molar refractivity (Wildman–Crippen MR) is 86.3 cm³/mol. The Bertz CT molecular complexity index is 597. The van der Waals surface area contributed by atoms with Crippen LogP contribution < -0.4 is 5.56 Å². The van der Waals surface area contributed by atoms with Gasteiger partial charge in [0.25, 0.3) is 5.56 Å². The van der Waals surface area contributed by atoms with E-state index in [0.29, 0.717) is 36.9 Å². The van der Waals surface area contributed by atoms with Crippen LogP contribution in [0.4, 0.5) is 0 Å². The molecule has 7 heteroatoms. The standard InChI is InChI=1S/C13H15Cl2N3O.ClH/c14-5-7-17(8-6-15)10-18-13(19)12-4-2-1-3-11(12)9-16-18;/h1-4,9H,5-8,10H2;1H. The molecule has 0 unspecified atom stereocenters. The number of benzene rings is 1. The second kappa shape index (κ2) is 8.47. The van der Waals surface area contributed by atoms with Gasteiger partial charge in [-0.15, -0.1) is 35.6 Å². The van der Waals surface area contributed by atoms with Crippen molar-refractivity contribution in [1.29, 1.82) is 0 Å². The van der Waals surface area contributed by atoms with Crippen LogP contribution in [0.5, 0.6) is 0 Å². The average Bonchev–Trinajstić information content (AvgIpc) is 2.43. The van der Waals surface area contributed by atoms with E-state index in [2.05, 4.69) is 5.10 Å². The quantitative estimate of drug-likeness (QED) is 0.761. The maximum absolute atomic E-state index is 12.3. The number of nitrogens with zero attached hydrogens (tertiary/aromatic N) is 3. The van der Waals surface area contributed by atoms with E-state index in [1.165, 1.54) is 4.68 Å². The highest BCUT2D eigenvalue weighted by molar-refractivity contribution is 6.18. The largest absolute Gasteiger partial charge is 0.282 e. The van der Waals surface area contributed by atoms with Crippen molar-refractivity contribution in [1.82, 2.24) is 14.7 Å². The Morgan fingerprint density at radius 2 is 1.80 bits per heavy atom. The van der Waals surface area contributed by atoms with Crippen LogP contribution in [0, 0.1) is 0 Å². The lowest BCUT2D eigenvalue weighted by atomic mass is 10.2. The number of fused-ring (bicyclic) bond motifs is 1. The zero-order valence-corrected chi connectivity index (χ0v) is 13.2. The second-order valence-corrected chi connectivity index (χ2v) is 4.93. The fourth-order valence-corrected chi connectivity index (χ4v) is 2.39. The number of hydrogen-bond donors (Lipinski definition) is 0. The first-order valence-electron chi connectivity index (χ1n) is 6.05. The zero-order chi connectivity index (χ0) is 13.7. The summed E-state index contributed by atoms with van der Waals surface area (Å²) in [7, 11) is 0. The third-order valence-corrected chi connectivity index (χ3v) is 3.24. The first-order valence-corrected chi connectivity index (χ1v) is 7.12. The first kappa shape index (κ1) is 17.2. The molecule has 0 saturated carbocycles.